The summed E-state index contributed by atoms with van der Waals surface area (Å²) in [5.74, 6) is -0.258. The fraction of sp³-hybridized carbons (Fsp3) is 0.250. The van der Waals surface area contributed by atoms with Gasteiger partial charge in [-0.05, 0) is 41.7 Å². The molecule has 0 atom stereocenters. The molecule has 6 heteroatoms. The molecule has 1 saturated carbocycles. The Morgan fingerprint density at radius 3 is 2.18 bits per heavy atom. The van der Waals surface area contributed by atoms with Gasteiger partial charge in [-0.25, -0.2) is 0 Å². The quantitative estimate of drug-likeness (QED) is 0.525. The van der Waals surface area contributed by atoms with Gasteiger partial charge in [0.25, 0.3) is 11.8 Å². The molecule has 2 aliphatic rings. The summed E-state index contributed by atoms with van der Waals surface area (Å²) < 4.78 is 0. The number of nitrogens with zero attached hydrogens (tertiary/aromatic N) is 1. The number of benzene rings is 3. The van der Waals surface area contributed by atoms with Gasteiger partial charge in [-0.2, -0.15) is 0 Å². The van der Waals surface area contributed by atoms with Gasteiger partial charge in [-0.3, -0.25) is 19.9 Å². The molecule has 3 aromatic rings. The molecule has 1 saturated heterocycles. The fourth-order valence-electron chi connectivity index (χ4n) is 5.02. The van der Waals surface area contributed by atoms with Crippen molar-refractivity contribution < 1.29 is 9.59 Å². The number of nitrogens with one attached hydrogen (secondary N) is 3. The molecule has 2 amide bonds. The highest BCUT2D eigenvalue weighted by molar-refractivity contribution is 6.10. The zero-order valence-electron chi connectivity index (χ0n) is 19.0. The Balaban J connectivity index is 1.43. The lowest BCUT2D eigenvalue weighted by molar-refractivity contribution is -0.130. The highest BCUT2D eigenvalue weighted by Crippen LogP contribution is 2.36. The number of amides is 2. The van der Waals surface area contributed by atoms with Gasteiger partial charge in [0.1, 0.15) is 0 Å². The third-order valence-corrected chi connectivity index (χ3v) is 6.78. The van der Waals surface area contributed by atoms with Crippen molar-refractivity contribution in [2.45, 2.75) is 43.8 Å². The van der Waals surface area contributed by atoms with Crippen molar-refractivity contribution in [3.05, 3.63) is 107 Å². The Bertz CT molecular complexity index is 1160. The summed E-state index contributed by atoms with van der Waals surface area (Å²) in [6.07, 6.45) is 4.36. The molecule has 6 nitrogen and oxygen atoms in total. The molecule has 2 fully saturated rings. The second kappa shape index (κ2) is 9.14. The SMILES string of the molecule is N=C1NC(c2ccccc2)(c2ccccc2)C(=O)N1Cc1cccc(C(=O)NC2CCCC2)c1. The topological polar surface area (TPSA) is 85.3 Å². The van der Waals surface area contributed by atoms with Gasteiger partial charge in [0, 0.05) is 11.6 Å². The van der Waals surface area contributed by atoms with Crippen LogP contribution in [0.25, 0.3) is 0 Å². The van der Waals surface area contributed by atoms with Crippen LogP contribution < -0.4 is 10.6 Å². The Morgan fingerprint density at radius 2 is 1.56 bits per heavy atom. The van der Waals surface area contributed by atoms with E-state index in [0.29, 0.717) is 5.56 Å². The maximum atomic E-state index is 13.9. The van der Waals surface area contributed by atoms with Crippen molar-refractivity contribution in [3.8, 4) is 0 Å². The van der Waals surface area contributed by atoms with Crippen molar-refractivity contribution >= 4 is 17.8 Å². The van der Waals surface area contributed by atoms with Gasteiger partial charge in [-0.15, -0.1) is 0 Å². The molecule has 5 rings (SSSR count). The molecule has 0 bridgehead atoms. The van der Waals surface area contributed by atoms with E-state index >= 15 is 0 Å². The van der Waals surface area contributed by atoms with Gasteiger partial charge >= 0.3 is 0 Å². The van der Waals surface area contributed by atoms with Gasteiger partial charge < -0.3 is 10.6 Å². The van der Waals surface area contributed by atoms with Crippen LogP contribution in [0.5, 0.6) is 0 Å². The van der Waals surface area contributed by atoms with Crippen molar-refractivity contribution in [1.82, 2.24) is 15.5 Å². The van der Waals surface area contributed by atoms with Gasteiger partial charge in [-0.1, -0.05) is 85.6 Å². The molecule has 0 unspecified atom stereocenters. The third-order valence-electron chi connectivity index (χ3n) is 6.78. The van der Waals surface area contributed by atoms with E-state index in [9.17, 15) is 9.59 Å². The Morgan fingerprint density at radius 1 is 0.941 bits per heavy atom. The molecule has 0 radical (unpaired) electrons. The standard InChI is InChI=1S/C28H28N4O2/c29-27-31-28(22-12-3-1-4-13-22,23-14-5-2-6-15-23)26(34)32(27)19-20-10-9-11-21(18-20)25(33)30-24-16-7-8-17-24/h1-6,9-15,18,24H,7-8,16-17,19H2,(H2,29,31)(H,30,33). The first kappa shape index (κ1) is 21.9. The fourth-order valence-corrected chi connectivity index (χ4v) is 5.02. The number of carbonyl (C=O) groups is 2. The summed E-state index contributed by atoms with van der Waals surface area (Å²) in [6, 6.07) is 26.6. The van der Waals surface area contributed by atoms with E-state index in [1.54, 1.807) is 6.07 Å². The van der Waals surface area contributed by atoms with E-state index in [2.05, 4.69) is 10.6 Å². The highest BCUT2D eigenvalue weighted by Gasteiger charge is 2.52. The van der Waals surface area contributed by atoms with Crippen LogP contribution in [-0.2, 0) is 16.9 Å². The molecule has 0 aromatic heterocycles. The summed E-state index contributed by atoms with van der Waals surface area (Å²) >= 11 is 0. The molecule has 3 N–H and O–H groups in total. The van der Waals surface area contributed by atoms with Crippen LogP contribution in [0.15, 0.2) is 84.9 Å². The Hall–Kier alpha value is -3.93. The smallest absolute Gasteiger partial charge is 0.264 e. The molecule has 1 aliphatic carbocycles. The summed E-state index contributed by atoms with van der Waals surface area (Å²) in [4.78, 5) is 28.1. The highest BCUT2D eigenvalue weighted by atomic mass is 16.2. The van der Waals surface area contributed by atoms with Crippen molar-refractivity contribution in [2.75, 3.05) is 0 Å². The van der Waals surface area contributed by atoms with Crippen LogP contribution in [0.1, 0.15) is 52.7 Å². The molecule has 34 heavy (non-hydrogen) atoms. The molecular weight excluding hydrogens is 424 g/mol. The maximum Gasteiger partial charge on any atom is 0.264 e. The molecule has 172 valence electrons. The maximum absolute atomic E-state index is 13.9. The summed E-state index contributed by atoms with van der Waals surface area (Å²) in [5, 5.41) is 14.9. The normalized spacial score (nSPS) is 17.6. The van der Waals surface area contributed by atoms with Crippen molar-refractivity contribution in [1.29, 1.82) is 5.41 Å². The van der Waals surface area contributed by atoms with E-state index < -0.39 is 5.54 Å². The van der Waals surface area contributed by atoms with Gasteiger partial charge in [0.05, 0.1) is 6.54 Å². The predicted octanol–water partition coefficient (Wildman–Crippen LogP) is 4.17. The van der Waals surface area contributed by atoms with Crippen LogP contribution >= 0.6 is 0 Å². The number of hydrogen-bond acceptors (Lipinski definition) is 3. The van der Waals surface area contributed by atoms with Crippen LogP contribution in [-0.4, -0.2) is 28.7 Å². The first-order valence-corrected chi connectivity index (χ1v) is 11.8. The third kappa shape index (κ3) is 3.96. The number of carbonyl (C=O) groups excluding carboxylic acids is 2. The van der Waals surface area contributed by atoms with Gasteiger partial charge in [0.15, 0.2) is 11.5 Å². The van der Waals surface area contributed by atoms with E-state index in [0.717, 1.165) is 42.4 Å². The van der Waals surface area contributed by atoms with Crippen LogP contribution in [0.4, 0.5) is 0 Å². The molecular formula is C28H28N4O2. The molecule has 0 spiro atoms. The average Bonchev–Trinajstić information content (AvgIpc) is 3.48. The number of rotatable bonds is 6. The largest absolute Gasteiger partial charge is 0.349 e. The monoisotopic (exact) mass is 452 g/mol. The van der Waals surface area contributed by atoms with E-state index in [-0.39, 0.29) is 30.4 Å². The van der Waals surface area contributed by atoms with Crippen LogP contribution in [0.2, 0.25) is 0 Å². The summed E-state index contributed by atoms with van der Waals surface area (Å²) in [7, 11) is 0. The summed E-state index contributed by atoms with van der Waals surface area (Å²) in [6.45, 7) is 0.205. The Labute approximate surface area is 199 Å². The minimum Gasteiger partial charge on any atom is -0.349 e. The summed E-state index contributed by atoms with van der Waals surface area (Å²) in [5.41, 5.74) is 1.77. The Kier molecular flexibility index (Phi) is 5.88. The zero-order chi connectivity index (χ0) is 23.5. The van der Waals surface area contributed by atoms with Crippen LogP contribution in [0.3, 0.4) is 0 Å². The van der Waals surface area contributed by atoms with E-state index in [4.69, 9.17) is 5.41 Å². The predicted molar refractivity (Wildman–Crippen MR) is 131 cm³/mol. The molecule has 3 aromatic carbocycles. The average molecular weight is 453 g/mol. The minimum atomic E-state index is -1.17. The second-order valence-electron chi connectivity index (χ2n) is 9.00. The molecule has 1 heterocycles. The van der Waals surface area contributed by atoms with Crippen molar-refractivity contribution in [2.24, 2.45) is 0 Å². The van der Waals surface area contributed by atoms with Crippen molar-refractivity contribution in [3.63, 3.8) is 0 Å². The second-order valence-corrected chi connectivity index (χ2v) is 9.00. The first-order valence-electron chi connectivity index (χ1n) is 11.8. The lowest BCUT2D eigenvalue weighted by Gasteiger charge is -2.28. The lowest BCUT2D eigenvalue weighted by Crippen LogP contribution is -2.45. The first-order chi connectivity index (χ1) is 16.6. The van der Waals surface area contributed by atoms with Gasteiger partial charge in [0.2, 0.25) is 0 Å². The lowest BCUT2D eigenvalue weighted by atomic mass is 9.82. The number of guanidine groups is 1. The number of hydrogen-bond donors (Lipinski definition) is 3. The van der Waals surface area contributed by atoms with E-state index in [1.165, 1.54) is 4.90 Å². The zero-order valence-corrected chi connectivity index (χ0v) is 19.0. The minimum absolute atomic E-state index is 0.0403. The van der Waals surface area contributed by atoms with Crippen LogP contribution in [0, 0.1) is 5.41 Å². The van der Waals surface area contributed by atoms with E-state index in [1.807, 2.05) is 78.9 Å². The molecule has 1 aliphatic heterocycles.